The van der Waals surface area contributed by atoms with E-state index in [9.17, 15) is 10.2 Å². The molecule has 4 N–H and O–H groups in total. The lowest BCUT2D eigenvalue weighted by atomic mass is 10.2. The second-order valence-electron chi connectivity index (χ2n) is 3.54. The van der Waals surface area contributed by atoms with E-state index in [4.69, 9.17) is 0 Å². The van der Waals surface area contributed by atoms with Gasteiger partial charge in [-0.05, 0) is 31.7 Å². The molecule has 0 saturated carbocycles. The van der Waals surface area contributed by atoms with Gasteiger partial charge in [0, 0.05) is 23.1 Å². The number of aromatic nitrogens is 1. The van der Waals surface area contributed by atoms with Crippen LogP contribution in [0.15, 0.2) is 18.2 Å². The number of nitrogens with one attached hydrogen (secondary N) is 2. The van der Waals surface area contributed by atoms with Gasteiger partial charge < -0.3 is 20.5 Å². The summed E-state index contributed by atoms with van der Waals surface area (Å²) in [6.45, 7) is 0.875. The highest BCUT2D eigenvalue weighted by atomic mass is 16.3. The van der Waals surface area contributed by atoms with Crippen molar-refractivity contribution in [2.24, 2.45) is 0 Å². The first-order valence-corrected chi connectivity index (χ1v) is 4.89. The Labute approximate surface area is 87.6 Å². The number of fused-ring (bicyclic) bond motifs is 1. The summed E-state index contributed by atoms with van der Waals surface area (Å²) < 4.78 is 0. The van der Waals surface area contributed by atoms with Crippen molar-refractivity contribution in [2.75, 3.05) is 13.6 Å². The normalized spacial score (nSPS) is 11.0. The van der Waals surface area contributed by atoms with Gasteiger partial charge in [0.25, 0.3) is 0 Å². The van der Waals surface area contributed by atoms with Crippen molar-refractivity contribution >= 4 is 10.9 Å². The zero-order valence-electron chi connectivity index (χ0n) is 8.54. The van der Waals surface area contributed by atoms with Crippen LogP contribution in [0.3, 0.4) is 0 Å². The van der Waals surface area contributed by atoms with E-state index >= 15 is 0 Å². The number of phenols is 2. The number of phenolic OH excluding ortho intramolecular Hbond substituents is 2. The summed E-state index contributed by atoms with van der Waals surface area (Å²) >= 11 is 0. The maximum absolute atomic E-state index is 9.61. The average Bonchev–Trinajstić information content (AvgIpc) is 2.64. The van der Waals surface area contributed by atoms with Crippen LogP contribution in [0.4, 0.5) is 0 Å². The molecule has 1 aromatic heterocycles. The van der Waals surface area contributed by atoms with E-state index in [2.05, 4.69) is 10.3 Å². The lowest BCUT2D eigenvalue weighted by Gasteiger charge is -1.96. The highest BCUT2D eigenvalue weighted by Gasteiger charge is 2.08. The summed E-state index contributed by atoms with van der Waals surface area (Å²) in [5.74, 6) is -0.138. The fourth-order valence-electron chi connectivity index (χ4n) is 1.63. The largest absolute Gasteiger partial charge is 0.504 e. The molecule has 80 valence electrons. The molecule has 4 heteroatoms. The Morgan fingerprint density at radius 1 is 1.33 bits per heavy atom. The van der Waals surface area contributed by atoms with Crippen LogP contribution >= 0.6 is 0 Å². The highest BCUT2D eigenvalue weighted by molar-refractivity contribution is 5.88. The molecule has 0 bridgehead atoms. The minimum atomic E-state index is -0.0818. The number of H-pyrrole nitrogens is 1. The van der Waals surface area contributed by atoms with Crippen LogP contribution in [0.5, 0.6) is 11.5 Å². The van der Waals surface area contributed by atoms with Crippen molar-refractivity contribution in [3.63, 3.8) is 0 Å². The van der Waals surface area contributed by atoms with Gasteiger partial charge in [0.2, 0.25) is 0 Å². The molecule has 0 aliphatic carbocycles. The van der Waals surface area contributed by atoms with Gasteiger partial charge in [0.1, 0.15) is 0 Å². The van der Waals surface area contributed by atoms with Crippen LogP contribution in [0.25, 0.3) is 10.9 Å². The minimum Gasteiger partial charge on any atom is -0.504 e. The molecule has 2 aromatic rings. The van der Waals surface area contributed by atoms with E-state index in [0.717, 1.165) is 24.2 Å². The molecule has 0 unspecified atom stereocenters. The summed E-state index contributed by atoms with van der Waals surface area (Å²) in [6, 6.07) is 5.10. The second-order valence-corrected chi connectivity index (χ2v) is 3.54. The standard InChI is InChI=1S/C11H14N2O2/c1-12-5-4-7-6-8-9(13-7)2-3-10(14)11(8)15/h2-3,6,12-15H,4-5H2,1H3. The van der Waals surface area contributed by atoms with Gasteiger partial charge in [-0.1, -0.05) is 0 Å². The topological polar surface area (TPSA) is 68.3 Å². The first-order chi connectivity index (χ1) is 7.22. The molecule has 0 radical (unpaired) electrons. The van der Waals surface area contributed by atoms with Gasteiger partial charge in [-0.25, -0.2) is 0 Å². The Bertz CT molecular complexity index is 477. The van der Waals surface area contributed by atoms with E-state index in [0.29, 0.717) is 5.39 Å². The van der Waals surface area contributed by atoms with E-state index in [1.54, 1.807) is 6.07 Å². The number of hydrogen-bond donors (Lipinski definition) is 4. The number of benzene rings is 1. The average molecular weight is 206 g/mol. The van der Waals surface area contributed by atoms with Gasteiger partial charge in [0.05, 0.1) is 0 Å². The van der Waals surface area contributed by atoms with Crippen LogP contribution in [-0.4, -0.2) is 28.8 Å². The minimum absolute atomic E-state index is 0.0561. The fraction of sp³-hybridized carbons (Fsp3) is 0.273. The van der Waals surface area contributed by atoms with Crippen molar-refractivity contribution in [1.82, 2.24) is 10.3 Å². The summed E-state index contributed by atoms with van der Waals surface area (Å²) in [5, 5.41) is 22.7. The Morgan fingerprint density at radius 2 is 2.13 bits per heavy atom. The number of rotatable bonds is 3. The van der Waals surface area contributed by atoms with Gasteiger partial charge in [-0.3, -0.25) is 0 Å². The fourth-order valence-corrected chi connectivity index (χ4v) is 1.63. The SMILES string of the molecule is CNCCc1cc2c(O)c(O)ccc2[nH]1. The van der Waals surface area contributed by atoms with Gasteiger partial charge in [0.15, 0.2) is 11.5 Å². The quantitative estimate of drug-likeness (QED) is 0.573. The van der Waals surface area contributed by atoms with Gasteiger partial charge in [-0.2, -0.15) is 0 Å². The van der Waals surface area contributed by atoms with Crippen LogP contribution in [-0.2, 0) is 6.42 Å². The van der Waals surface area contributed by atoms with Crippen molar-refractivity contribution < 1.29 is 10.2 Å². The third kappa shape index (κ3) is 1.76. The summed E-state index contributed by atoms with van der Waals surface area (Å²) in [6.07, 6.45) is 0.866. The van der Waals surface area contributed by atoms with Crippen LogP contribution < -0.4 is 5.32 Å². The van der Waals surface area contributed by atoms with Crippen molar-refractivity contribution in [1.29, 1.82) is 0 Å². The maximum atomic E-state index is 9.61. The Balaban J connectivity index is 2.42. The highest BCUT2D eigenvalue weighted by Crippen LogP contribution is 2.33. The molecule has 0 aliphatic rings. The lowest BCUT2D eigenvalue weighted by molar-refractivity contribution is 0.408. The Hall–Kier alpha value is -1.68. The molecule has 2 rings (SSSR count). The zero-order valence-corrected chi connectivity index (χ0v) is 8.54. The molecule has 1 heterocycles. The van der Waals surface area contributed by atoms with Gasteiger partial charge >= 0.3 is 0 Å². The predicted octanol–water partition coefficient (Wildman–Crippen LogP) is 1.34. The van der Waals surface area contributed by atoms with E-state index in [1.165, 1.54) is 6.07 Å². The van der Waals surface area contributed by atoms with E-state index in [-0.39, 0.29) is 11.5 Å². The predicted molar refractivity (Wildman–Crippen MR) is 59.3 cm³/mol. The van der Waals surface area contributed by atoms with Crippen LogP contribution in [0.2, 0.25) is 0 Å². The molecule has 0 atom stereocenters. The Kier molecular flexibility index (Phi) is 2.51. The Morgan fingerprint density at radius 3 is 2.87 bits per heavy atom. The molecule has 0 fully saturated rings. The molecule has 0 aliphatic heterocycles. The van der Waals surface area contributed by atoms with Crippen molar-refractivity contribution in [2.45, 2.75) is 6.42 Å². The summed E-state index contributed by atoms with van der Waals surface area (Å²) in [7, 11) is 1.89. The second kappa shape index (κ2) is 3.82. The molecule has 1 aromatic carbocycles. The van der Waals surface area contributed by atoms with Crippen LogP contribution in [0, 0.1) is 0 Å². The third-order valence-corrected chi connectivity index (χ3v) is 2.45. The summed E-state index contributed by atoms with van der Waals surface area (Å²) in [4.78, 5) is 3.19. The molecule has 0 saturated heterocycles. The monoisotopic (exact) mass is 206 g/mol. The molecule has 4 nitrogen and oxygen atoms in total. The summed E-state index contributed by atoms with van der Waals surface area (Å²) in [5.41, 5.74) is 1.89. The smallest absolute Gasteiger partial charge is 0.166 e. The first kappa shape index (κ1) is 9.86. The number of aromatic amines is 1. The van der Waals surface area contributed by atoms with E-state index < -0.39 is 0 Å². The molecule has 0 amide bonds. The van der Waals surface area contributed by atoms with Crippen LogP contribution in [0.1, 0.15) is 5.69 Å². The van der Waals surface area contributed by atoms with Gasteiger partial charge in [-0.15, -0.1) is 0 Å². The third-order valence-electron chi connectivity index (χ3n) is 2.45. The maximum Gasteiger partial charge on any atom is 0.166 e. The number of aromatic hydroxyl groups is 2. The molecular formula is C11H14N2O2. The number of likely N-dealkylation sites (N-methyl/N-ethyl adjacent to an activating group) is 1. The van der Waals surface area contributed by atoms with Crippen molar-refractivity contribution in [3.05, 3.63) is 23.9 Å². The molecule has 15 heavy (non-hydrogen) atoms. The lowest BCUT2D eigenvalue weighted by Crippen LogP contribution is -2.10. The molecular weight excluding hydrogens is 192 g/mol. The number of hydrogen-bond acceptors (Lipinski definition) is 3. The zero-order chi connectivity index (χ0) is 10.8. The van der Waals surface area contributed by atoms with Crippen molar-refractivity contribution in [3.8, 4) is 11.5 Å². The molecule has 0 spiro atoms. The first-order valence-electron chi connectivity index (χ1n) is 4.89. The van der Waals surface area contributed by atoms with E-state index in [1.807, 2.05) is 13.1 Å².